The molecule has 5 nitrogen and oxygen atoms in total. The van der Waals surface area contributed by atoms with Gasteiger partial charge in [-0.15, -0.1) is 0 Å². The number of carboxylic acid groups (broad SMARTS) is 1. The summed E-state index contributed by atoms with van der Waals surface area (Å²) in [6.07, 6.45) is 5.96. The zero-order chi connectivity index (χ0) is 20.9. The van der Waals surface area contributed by atoms with Crippen LogP contribution in [0.5, 0.6) is 0 Å². The quantitative estimate of drug-likeness (QED) is 0.598. The number of carbonyl (C=O) groups is 2. The highest BCUT2D eigenvalue weighted by Gasteiger charge is 2.22. The van der Waals surface area contributed by atoms with Gasteiger partial charge in [0.2, 0.25) is 5.91 Å². The fourth-order valence-corrected chi connectivity index (χ4v) is 3.92. The summed E-state index contributed by atoms with van der Waals surface area (Å²) in [6, 6.07) is 19.3. The van der Waals surface area contributed by atoms with E-state index in [1.54, 1.807) is 6.20 Å². The second-order valence-corrected chi connectivity index (χ2v) is 7.75. The predicted molar refractivity (Wildman–Crippen MR) is 117 cm³/mol. The summed E-state index contributed by atoms with van der Waals surface area (Å²) in [5.41, 5.74) is 5.41. The summed E-state index contributed by atoms with van der Waals surface area (Å²) >= 11 is 0. The lowest BCUT2D eigenvalue weighted by molar-refractivity contribution is -0.136. The lowest BCUT2D eigenvalue weighted by Gasteiger charge is -2.11. The Morgan fingerprint density at radius 3 is 2.13 bits per heavy atom. The summed E-state index contributed by atoms with van der Waals surface area (Å²) in [7, 11) is 0. The highest BCUT2D eigenvalue weighted by molar-refractivity contribution is 5.93. The molecule has 1 amide bonds. The van der Waals surface area contributed by atoms with Crippen LogP contribution in [0.3, 0.4) is 0 Å². The van der Waals surface area contributed by atoms with E-state index in [2.05, 4.69) is 10.3 Å². The number of pyridine rings is 1. The van der Waals surface area contributed by atoms with Gasteiger partial charge in [-0.25, -0.2) is 0 Å². The lowest BCUT2D eigenvalue weighted by Crippen LogP contribution is -2.20. The molecule has 5 heteroatoms. The summed E-state index contributed by atoms with van der Waals surface area (Å²) in [5.74, 6) is -0.601. The molecule has 1 aliphatic rings. The Morgan fingerprint density at radius 1 is 0.900 bits per heavy atom. The Bertz CT molecular complexity index is 1040. The second kappa shape index (κ2) is 8.91. The monoisotopic (exact) mass is 400 g/mol. The molecule has 0 saturated heterocycles. The summed E-state index contributed by atoms with van der Waals surface area (Å²) < 4.78 is 0. The number of amides is 1. The minimum absolute atomic E-state index is 0.0263. The average Bonchev–Trinajstić information content (AvgIpc) is 3.29. The molecule has 2 N–H and O–H groups in total. The highest BCUT2D eigenvalue weighted by Crippen LogP contribution is 2.28. The molecule has 1 aliphatic carbocycles. The number of aromatic nitrogens is 1. The van der Waals surface area contributed by atoms with Crippen molar-refractivity contribution in [3.05, 3.63) is 72.4 Å². The highest BCUT2D eigenvalue weighted by atomic mass is 16.4. The third-order valence-electron chi connectivity index (χ3n) is 5.58. The van der Waals surface area contributed by atoms with Crippen LogP contribution >= 0.6 is 0 Å². The minimum atomic E-state index is -0.832. The third kappa shape index (κ3) is 4.74. The van der Waals surface area contributed by atoms with Gasteiger partial charge in [0.05, 0.1) is 12.1 Å². The van der Waals surface area contributed by atoms with E-state index in [4.69, 9.17) is 5.11 Å². The zero-order valence-electron chi connectivity index (χ0n) is 16.7. The fourth-order valence-electron chi connectivity index (χ4n) is 3.92. The summed E-state index contributed by atoms with van der Waals surface area (Å²) in [4.78, 5) is 27.6. The molecule has 0 atom stereocenters. The smallest absolute Gasteiger partial charge is 0.307 e. The van der Waals surface area contributed by atoms with Gasteiger partial charge in [-0.3, -0.25) is 14.6 Å². The molecular formula is C25H24N2O3. The van der Waals surface area contributed by atoms with Crippen LogP contribution < -0.4 is 5.32 Å². The maximum absolute atomic E-state index is 12.4. The van der Waals surface area contributed by atoms with Crippen molar-refractivity contribution >= 4 is 17.6 Å². The molecule has 4 rings (SSSR count). The Labute approximate surface area is 175 Å². The summed E-state index contributed by atoms with van der Waals surface area (Å²) in [5, 5.41) is 11.9. The topological polar surface area (TPSA) is 79.3 Å². The number of rotatable bonds is 6. The molecule has 152 valence electrons. The van der Waals surface area contributed by atoms with Crippen molar-refractivity contribution in [1.82, 2.24) is 4.98 Å². The van der Waals surface area contributed by atoms with E-state index in [9.17, 15) is 9.59 Å². The molecule has 0 unspecified atom stereocenters. The van der Waals surface area contributed by atoms with Gasteiger partial charge in [0, 0.05) is 23.4 Å². The number of anilines is 1. The SMILES string of the molecule is O=C(O)Cc1ccc(-c2ccc(-c3cc(NC(=O)C4CCCC4)ccn3)cc2)cc1. The van der Waals surface area contributed by atoms with Crippen molar-refractivity contribution in [2.24, 2.45) is 5.92 Å². The van der Waals surface area contributed by atoms with Gasteiger partial charge in [0.1, 0.15) is 0 Å². The van der Waals surface area contributed by atoms with Gasteiger partial charge < -0.3 is 10.4 Å². The van der Waals surface area contributed by atoms with Crippen molar-refractivity contribution in [1.29, 1.82) is 0 Å². The fraction of sp³-hybridized carbons (Fsp3) is 0.240. The Morgan fingerprint density at radius 2 is 1.50 bits per heavy atom. The van der Waals surface area contributed by atoms with E-state index in [0.717, 1.165) is 59.3 Å². The van der Waals surface area contributed by atoms with Crippen LogP contribution in [0.25, 0.3) is 22.4 Å². The number of benzene rings is 2. The molecular weight excluding hydrogens is 376 g/mol. The number of nitrogens with zero attached hydrogens (tertiary/aromatic N) is 1. The first-order valence-electron chi connectivity index (χ1n) is 10.3. The van der Waals surface area contributed by atoms with Gasteiger partial charge in [-0.1, -0.05) is 61.4 Å². The van der Waals surface area contributed by atoms with Crippen LogP contribution in [-0.4, -0.2) is 22.0 Å². The largest absolute Gasteiger partial charge is 0.481 e. The van der Waals surface area contributed by atoms with Crippen LogP contribution in [0.1, 0.15) is 31.2 Å². The predicted octanol–water partition coefficient (Wildman–Crippen LogP) is 5.17. The standard InChI is InChI=1S/C25H24N2O3/c28-24(29)15-17-5-7-18(8-6-17)19-9-11-20(12-10-19)23-16-22(13-14-26-23)27-25(30)21-3-1-2-4-21/h5-14,16,21H,1-4,15H2,(H,28,29)(H,26,27,30). The number of nitrogens with one attached hydrogen (secondary N) is 1. The summed E-state index contributed by atoms with van der Waals surface area (Å²) in [6.45, 7) is 0. The molecule has 1 aromatic heterocycles. The number of hydrogen-bond donors (Lipinski definition) is 2. The molecule has 3 aromatic rings. The van der Waals surface area contributed by atoms with Crippen LogP contribution in [0.2, 0.25) is 0 Å². The first-order valence-corrected chi connectivity index (χ1v) is 10.3. The van der Waals surface area contributed by atoms with Crippen LogP contribution in [-0.2, 0) is 16.0 Å². The van der Waals surface area contributed by atoms with E-state index in [-0.39, 0.29) is 18.2 Å². The average molecular weight is 400 g/mol. The number of carboxylic acids is 1. The van der Waals surface area contributed by atoms with Crippen molar-refractivity contribution in [2.75, 3.05) is 5.32 Å². The second-order valence-electron chi connectivity index (χ2n) is 7.75. The normalized spacial score (nSPS) is 13.9. The third-order valence-corrected chi connectivity index (χ3v) is 5.58. The van der Waals surface area contributed by atoms with Crippen LogP contribution in [0, 0.1) is 5.92 Å². The van der Waals surface area contributed by atoms with Crippen molar-refractivity contribution in [3.63, 3.8) is 0 Å². The molecule has 1 fully saturated rings. The minimum Gasteiger partial charge on any atom is -0.481 e. The van der Waals surface area contributed by atoms with Gasteiger partial charge >= 0.3 is 5.97 Å². The molecule has 1 saturated carbocycles. The van der Waals surface area contributed by atoms with E-state index < -0.39 is 5.97 Å². The van der Waals surface area contributed by atoms with Crippen LogP contribution in [0.4, 0.5) is 5.69 Å². The molecule has 0 bridgehead atoms. The Hall–Kier alpha value is -3.47. The maximum atomic E-state index is 12.4. The number of aliphatic carboxylic acids is 1. The Balaban J connectivity index is 1.47. The van der Waals surface area contributed by atoms with Crippen molar-refractivity contribution in [2.45, 2.75) is 32.1 Å². The van der Waals surface area contributed by atoms with E-state index in [0.29, 0.717) is 0 Å². The Kier molecular flexibility index (Phi) is 5.89. The maximum Gasteiger partial charge on any atom is 0.307 e. The molecule has 0 radical (unpaired) electrons. The molecule has 0 aliphatic heterocycles. The lowest BCUT2D eigenvalue weighted by atomic mass is 10.0. The first-order chi connectivity index (χ1) is 14.6. The van der Waals surface area contributed by atoms with Gasteiger partial charge in [0.25, 0.3) is 0 Å². The molecule has 0 spiro atoms. The van der Waals surface area contributed by atoms with Crippen molar-refractivity contribution in [3.8, 4) is 22.4 Å². The first kappa shape index (κ1) is 19.8. The molecule has 2 aromatic carbocycles. The molecule has 30 heavy (non-hydrogen) atoms. The van der Waals surface area contributed by atoms with E-state index >= 15 is 0 Å². The van der Waals surface area contributed by atoms with Crippen molar-refractivity contribution < 1.29 is 14.7 Å². The van der Waals surface area contributed by atoms with Gasteiger partial charge in [-0.2, -0.15) is 0 Å². The van der Waals surface area contributed by atoms with Crippen LogP contribution in [0.15, 0.2) is 66.9 Å². The number of carbonyl (C=O) groups excluding carboxylic acids is 1. The number of hydrogen-bond acceptors (Lipinski definition) is 3. The molecule has 1 heterocycles. The van der Waals surface area contributed by atoms with Gasteiger partial charge in [0.15, 0.2) is 0 Å². The zero-order valence-corrected chi connectivity index (χ0v) is 16.7. The van der Waals surface area contributed by atoms with E-state index in [1.165, 1.54) is 0 Å². The van der Waals surface area contributed by atoms with Gasteiger partial charge in [-0.05, 0) is 41.7 Å². The van der Waals surface area contributed by atoms with E-state index in [1.807, 2.05) is 60.7 Å².